The second kappa shape index (κ2) is 8.08. The van der Waals surface area contributed by atoms with E-state index in [-0.39, 0.29) is 11.4 Å². The van der Waals surface area contributed by atoms with Crippen LogP contribution in [-0.2, 0) is 4.84 Å². The van der Waals surface area contributed by atoms with E-state index >= 15 is 0 Å². The molecule has 0 amide bonds. The highest BCUT2D eigenvalue weighted by atomic mass is 19.1. The van der Waals surface area contributed by atoms with Gasteiger partial charge in [-0.3, -0.25) is 0 Å². The zero-order valence-electron chi connectivity index (χ0n) is 14.5. The van der Waals surface area contributed by atoms with E-state index in [1.165, 1.54) is 36.8 Å². The van der Waals surface area contributed by atoms with E-state index in [0.29, 0.717) is 17.0 Å². The molecular weight excluding hydrogens is 338 g/mol. The van der Waals surface area contributed by atoms with Gasteiger partial charge >= 0.3 is 5.97 Å². The lowest BCUT2D eigenvalue weighted by Crippen LogP contribution is -2.30. The average Bonchev–Trinajstić information content (AvgIpc) is 2.67. The van der Waals surface area contributed by atoms with Gasteiger partial charge in [0.05, 0.1) is 17.0 Å². The Bertz CT molecular complexity index is 813. The van der Waals surface area contributed by atoms with Crippen LogP contribution in [0, 0.1) is 11.6 Å². The molecule has 0 bridgehead atoms. The number of piperidine rings is 1. The summed E-state index contributed by atoms with van der Waals surface area (Å²) in [5.74, 6) is -1.45. The highest BCUT2D eigenvalue weighted by Crippen LogP contribution is 2.24. The van der Waals surface area contributed by atoms with E-state index in [2.05, 4.69) is 5.16 Å². The van der Waals surface area contributed by atoms with E-state index in [0.717, 1.165) is 25.9 Å². The van der Waals surface area contributed by atoms with Crippen molar-refractivity contribution >= 4 is 17.4 Å². The molecule has 1 aliphatic heterocycles. The van der Waals surface area contributed by atoms with Gasteiger partial charge in [0.15, 0.2) is 0 Å². The number of benzene rings is 2. The van der Waals surface area contributed by atoms with Gasteiger partial charge in [0, 0.05) is 18.7 Å². The first-order valence-electron chi connectivity index (χ1n) is 8.61. The molecule has 0 spiro atoms. The maximum Gasteiger partial charge on any atom is 0.365 e. The van der Waals surface area contributed by atoms with Gasteiger partial charge in [-0.05, 0) is 62.6 Å². The molecule has 0 atom stereocenters. The van der Waals surface area contributed by atoms with Crippen LogP contribution in [0.15, 0.2) is 47.6 Å². The Morgan fingerprint density at radius 3 is 2.31 bits per heavy atom. The van der Waals surface area contributed by atoms with Crippen molar-refractivity contribution in [2.75, 3.05) is 18.0 Å². The van der Waals surface area contributed by atoms with Crippen LogP contribution >= 0.6 is 0 Å². The number of rotatable bonds is 4. The number of hydrogen-bond donors (Lipinski definition) is 0. The molecule has 6 heteroatoms. The summed E-state index contributed by atoms with van der Waals surface area (Å²) < 4.78 is 27.3. The maximum atomic E-state index is 14.5. The van der Waals surface area contributed by atoms with Crippen molar-refractivity contribution in [2.45, 2.75) is 26.2 Å². The minimum atomic E-state index is -0.699. The van der Waals surface area contributed by atoms with Crippen LogP contribution in [0.2, 0.25) is 0 Å². The molecule has 2 aromatic carbocycles. The molecule has 0 radical (unpaired) electrons. The van der Waals surface area contributed by atoms with Crippen LogP contribution in [0.1, 0.15) is 42.1 Å². The van der Waals surface area contributed by atoms with Gasteiger partial charge in [0.25, 0.3) is 0 Å². The first kappa shape index (κ1) is 18.0. The molecule has 0 saturated carbocycles. The largest absolute Gasteiger partial charge is 0.369 e. The Hall–Kier alpha value is -2.76. The number of nitrogens with zero attached hydrogens (tertiary/aromatic N) is 2. The summed E-state index contributed by atoms with van der Waals surface area (Å²) in [6, 6.07) is 9.86. The van der Waals surface area contributed by atoms with Crippen molar-refractivity contribution in [3.05, 3.63) is 65.2 Å². The summed E-state index contributed by atoms with van der Waals surface area (Å²) in [4.78, 5) is 18.8. The molecule has 1 fully saturated rings. The number of carbonyl (C=O) groups is 1. The molecule has 0 unspecified atom stereocenters. The van der Waals surface area contributed by atoms with E-state index in [4.69, 9.17) is 4.84 Å². The summed E-state index contributed by atoms with van der Waals surface area (Å²) in [5.41, 5.74) is 1.69. The molecule has 1 heterocycles. The second-order valence-corrected chi connectivity index (χ2v) is 6.28. The lowest BCUT2D eigenvalue weighted by Gasteiger charge is -2.29. The third-order valence-corrected chi connectivity index (χ3v) is 4.41. The van der Waals surface area contributed by atoms with Crippen LogP contribution in [-0.4, -0.2) is 24.8 Å². The minimum absolute atomic E-state index is 0.189. The van der Waals surface area contributed by atoms with Crippen molar-refractivity contribution in [3.63, 3.8) is 0 Å². The lowest BCUT2D eigenvalue weighted by molar-refractivity contribution is 0.0516. The maximum absolute atomic E-state index is 14.5. The zero-order chi connectivity index (χ0) is 18.5. The van der Waals surface area contributed by atoms with Gasteiger partial charge in [0.1, 0.15) is 11.6 Å². The molecule has 0 N–H and O–H groups in total. The Morgan fingerprint density at radius 1 is 1.00 bits per heavy atom. The summed E-state index contributed by atoms with van der Waals surface area (Å²) in [6.07, 6.45) is 3.32. The second-order valence-electron chi connectivity index (χ2n) is 6.28. The van der Waals surface area contributed by atoms with Crippen molar-refractivity contribution in [3.8, 4) is 0 Å². The average molecular weight is 358 g/mol. The Morgan fingerprint density at radius 2 is 1.65 bits per heavy atom. The fourth-order valence-corrected chi connectivity index (χ4v) is 2.92. The smallest absolute Gasteiger partial charge is 0.365 e. The van der Waals surface area contributed by atoms with Crippen LogP contribution in [0.5, 0.6) is 0 Å². The van der Waals surface area contributed by atoms with E-state index in [9.17, 15) is 13.6 Å². The van der Waals surface area contributed by atoms with Crippen molar-refractivity contribution in [1.82, 2.24) is 0 Å². The van der Waals surface area contributed by atoms with Crippen molar-refractivity contribution in [1.29, 1.82) is 0 Å². The van der Waals surface area contributed by atoms with Gasteiger partial charge in [-0.15, -0.1) is 0 Å². The number of carbonyl (C=O) groups excluding carboxylic acids is 1. The summed E-state index contributed by atoms with van der Waals surface area (Å²) in [7, 11) is 0. The SMILES string of the molecule is CC(=NOC(=O)c1ccc(F)cc1)c1ccc(N2CCCCC2)c(F)c1. The zero-order valence-corrected chi connectivity index (χ0v) is 14.5. The first-order chi connectivity index (χ1) is 12.5. The molecule has 136 valence electrons. The highest BCUT2D eigenvalue weighted by Gasteiger charge is 2.16. The molecule has 26 heavy (non-hydrogen) atoms. The molecular formula is C20H20F2N2O2. The minimum Gasteiger partial charge on any atom is -0.369 e. The predicted molar refractivity (Wildman–Crippen MR) is 96.5 cm³/mol. The molecule has 4 nitrogen and oxygen atoms in total. The monoisotopic (exact) mass is 358 g/mol. The Labute approximate surface area is 151 Å². The Balaban J connectivity index is 1.69. The molecule has 0 aliphatic carbocycles. The van der Waals surface area contributed by atoms with Crippen LogP contribution in [0.25, 0.3) is 0 Å². The molecule has 0 aromatic heterocycles. The van der Waals surface area contributed by atoms with Crippen molar-refractivity contribution in [2.24, 2.45) is 5.16 Å². The fourth-order valence-electron chi connectivity index (χ4n) is 2.92. The van der Waals surface area contributed by atoms with Crippen LogP contribution in [0.4, 0.5) is 14.5 Å². The van der Waals surface area contributed by atoms with Gasteiger partial charge in [-0.2, -0.15) is 0 Å². The Kier molecular flexibility index (Phi) is 5.61. The number of anilines is 1. The van der Waals surface area contributed by atoms with E-state index < -0.39 is 11.8 Å². The van der Waals surface area contributed by atoms with Gasteiger partial charge < -0.3 is 9.74 Å². The topological polar surface area (TPSA) is 41.9 Å². The summed E-state index contributed by atoms with van der Waals surface area (Å²) in [6.45, 7) is 3.35. The number of halogens is 2. The lowest BCUT2D eigenvalue weighted by atomic mass is 10.1. The standard InChI is InChI=1S/C20H20F2N2O2/c1-14(23-26-20(25)15-5-8-17(21)9-6-15)16-7-10-19(18(22)13-16)24-11-3-2-4-12-24/h5-10,13H,2-4,11-12H2,1H3. The van der Waals surface area contributed by atoms with E-state index in [1.807, 2.05) is 4.90 Å². The molecule has 3 rings (SSSR count). The quantitative estimate of drug-likeness (QED) is 0.458. The number of hydrogen-bond acceptors (Lipinski definition) is 4. The predicted octanol–water partition coefficient (Wildman–Crippen LogP) is 4.54. The van der Waals surface area contributed by atoms with Gasteiger partial charge in [0.2, 0.25) is 0 Å². The van der Waals surface area contributed by atoms with Crippen LogP contribution < -0.4 is 4.90 Å². The van der Waals surface area contributed by atoms with Gasteiger partial charge in [-0.1, -0.05) is 11.2 Å². The summed E-state index contributed by atoms with van der Waals surface area (Å²) in [5, 5.41) is 3.77. The molecule has 2 aromatic rings. The van der Waals surface area contributed by atoms with Gasteiger partial charge in [-0.25, -0.2) is 13.6 Å². The van der Waals surface area contributed by atoms with Crippen molar-refractivity contribution < 1.29 is 18.4 Å². The molecule has 1 saturated heterocycles. The highest BCUT2D eigenvalue weighted by molar-refractivity contribution is 5.99. The third-order valence-electron chi connectivity index (χ3n) is 4.41. The van der Waals surface area contributed by atoms with E-state index in [1.54, 1.807) is 19.1 Å². The summed E-state index contributed by atoms with van der Waals surface area (Å²) >= 11 is 0. The molecule has 1 aliphatic rings. The first-order valence-corrected chi connectivity index (χ1v) is 8.61. The fraction of sp³-hybridized carbons (Fsp3) is 0.300. The van der Waals surface area contributed by atoms with Crippen LogP contribution in [0.3, 0.4) is 0 Å². The third kappa shape index (κ3) is 4.25. The normalized spacial score (nSPS) is 15.0. The number of oxime groups is 1.